The Labute approximate surface area is 143 Å². The third-order valence-corrected chi connectivity index (χ3v) is 7.09. The number of halogens is 1. The molecule has 0 aromatic heterocycles. The van der Waals surface area contributed by atoms with Gasteiger partial charge in [-0.05, 0) is 31.9 Å². The molecule has 1 aliphatic heterocycles. The molecule has 1 N–H and O–H groups in total. The first-order valence-corrected chi connectivity index (χ1v) is 9.71. The third kappa shape index (κ3) is 4.18. The van der Waals surface area contributed by atoms with Crippen molar-refractivity contribution in [1.82, 2.24) is 10.2 Å². The van der Waals surface area contributed by atoms with Crippen molar-refractivity contribution in [1.29, 1.82) is 0 Å². The van der Waals surface area contributed by atoms with Gasteiger partial charge < -0.3 is 10.2 Å². The van der Waals surface area contributed by atoms with E-state index in [-0.39, 0.29) is 5.75 Å². The van der Waals surface area contributed by atoms with Crippen molar-refractivity contribution in [3.8, 4) is 0 Å². The van der Waals surface area contributed by atoms with Gasteiger partial charge in [-0.3, -0.25) is 4.99 Å². The van der Waals surface area contributed by atoms with Crippen molar-refractivity contribution in [3.63, 3.8) is 0 Å². The molecule has 0 spiro atoms. The predicted molar refractivity (Wildman–Crippen MR) is 96.0 cm³/mol. The summed E-state index contributed by atoms with van der Waals surface area (Å²) in [6, 6.07) is 7.76. The van der Waals surface area contributed by atoms with Gasteiger partial charge >= 0.3 is 0 Å². The van der Waals surface area contributed by atoms with Crippen molar-refractivity contribution < 1.29 is 8.42 Å². The van der Waals surface area contributed by atoms with Crippen molar-refractivity contribution >= 4 is 27.4 Å². The smallest absolute Gasteiger partial charge is 0.193 e. The zero-order chi connectivity index (χ0) is 17.1. The van der Waals surface area contributed by atoms with Gasteiger partial charge in [0.1, 0.15) is 0 Å². The summed E-state index contributed by atoms with van der Waals surface area (Å²) in [5.74, 6) is 0.894. The summed E-state index contributed by atoms with van der Waals surface area (Å²) in [5, 5.41) is 4.06. The molecule has 23 heavy (non-hydrogen) atoms. The molecule has 1 aromatic carbocycles. The zero-order valence-corrected chi connectivity index (χ0v) is 15.4. The second kappa shape index (κ2) is 7.09. The van der Waals surface area contributed by atoms with E-state index in [4.69, 9.17) is 11.6 Å². The molecule has 0 unspecified atom stereocenters. The Bertz CT molecular complexity index is 686. The molecule has 1 saturated heterocycles. The number of hydrogen-bond donors (Lipinski definition) is 1. The highest BCUT2D eigenvalue weighted by molar-refractivity contribution is 7.92. The Morgan fingerprint density at radius 1 is 1.39 bits per heavy atom. The normalized spacial score (nSPS) is 20.3. The molecule has 1 aromatic rings. The van der Waals surface area contributed by atoms with Crippen molar-refractivity contribution in [2.75, 3.05) is 32.4 Å². The molecule has 0 atom stereocenters. The summed E-state index contributed by atoms with van der Waals surface area (Å²) < 4.78 is 23.4. The Balaban J connectivity index is 1.95. The van der Waals surface area contributed by atoms with Gasteiger partial charge in [0.15, 0.2) is 15.8 Å². The van der Waals surface area contributed by atoms with Crippen LogP contribution in [0, 0.1) is 0 Å². The van der Waals surface area contributed by atoms with Crippen LogP contribution >= 0.6 is 11.6 Å². The van der Waals surface area contributed by atoms with Gasteiger partial charge in [0.2, 0.25) is 0 Å². The standard InChI is InChI=1S/C16H24ClN3O2S/c1-16(2)12-20(10-11-23(16,21)22)15(18-3)19-9-8-13-6-4-5-7-14(13)17/h4-7H,8-12H2,1-3H3,(H,18,19). The summed E-state index contributed by atoms with van der Waals surface area (Å²) in [6.07, 6.45) is 0.786. The Hall–Kier alpha value is -1.27. The number of nitrogens with zero attached hydrogens (tertiary/aromatic N) is 2. The molecule has 0 saturated carbocycles. The highest BCUT2D eigenvalue weighted by Crippen LogP contribution is 2.23. The quantitative estimate of drug-likeness (QED) is 0.663. The lowest BCUT2D eigenvalue weighted by atomic mass is 10.1. The number of hydrogen-bond acceptors (Lipinski definition) is 3. The molecule has 128 valence electrons. The molecule has 1 fully saturated rings. The fourth-order valence-electron chi connectivity index (χ4n) is 2.67. The van der Waals surface area contributed by atoms with Gasteiger partial charge in [0.05, 0.1) is 10.5 Å². The summed E-state index contributed by atoms with van der Waals surface area (Å²) in [4.78, 5) is 6.29. The second-order valence-corrected chi connectivity index (χ2v) is 9.47. The number of aliphatic imine (C=N–C) groups is 1. The highest BCUT2D eigenvalue weighted by atomic mass is 35.5. The van der Waals surface area contributed by atoms with Crippen molar-refractivity contribution in [3.05, 3.63) is 34.9 Å². The van der Waals surface area contributed by atoms with Gasteiger partial charge in [0, 0.05) is 31.7 Å². The Kier molecular flexibility index (Phi) is 5.57. The van der Waals surface area contributed by atoms with E-state index in [9.17, 15) is 8.42 Å². The minimum absolute atomic E-state index is 0.158. The maximum Gasteiger partial charge on any atom is 0.193 e. The number of guanidine groups is 1. The Morgan fingerprint density at radius 2 is 2.09 bits per heavy atom. The van der Waals surface area contributed by atoms with Gasteiger partial charge in [-0.25, -0.2) is 8.42 Å². The van der Waals surface area contributed by atoms with E-state index in [2.05, 4.69) is 10.3 Å². The maximum atomic E-state index is 12.1. The zero-order valence-electron chi connectivity index (χ0n) is 13.8. The van der Waals surface area contributed by atoms with Crippen molar-refractivity contribution in [2.45, 2.75) is 25.0 Å². The minimum Gasteiger partial charge on any atom is -0.356 e. The number of benzene rings is 1. The van der Waals surface area contributed by atoms with Crippen LogP contribution in [0.1, 0.15) is 19.4 Å². The van der Waals surface area contributed by atoms with Gasteiger partial charge in [-0.1, -0.05) is 29.8 Å². The van der Waals surface area contributed by atoms with Crippen LogP contribution in [-0.4, -0.2) is 56.5 Å². The van der Waals surface area contributed by atoms with Crippen LogP contribution in [0.2, 0.25) is 5.02 Å². The summed E-state index contributed by atoms with van der Waals surface area (Å²) in [7, 11) is -1.33. The first-order valence-electron chi connectivity index (χ1n) is 7.68. The van der Waals surface area contributed by atoms with Crippen LogP contribution in [0.4, 0.5) is 0 Å². The molecule has 0 radical (unpaired) electrons. The van der Waals surface area contributed by atoms with Crippen LogP contribution in [0.3, 0.4) is 0 Å². The van der Waals surface area contributed by atoms with E-state index in [1.165, 1.54) is 0 Å². The lowest BCUT2D eigenvalue weighted by Gasteiger charge is -2.39. The molecule has 2 rings (SSSR count). The summed E-state index contributed by atoms with van der Waals surface area (Å²) >= 11 is 6.16. The average molecular weight is 358 g/mol. The first kappa shape index (κ1) is 18.1. The molecular weight excluding hydrogens is 334 g/mol. The molecule has 0 aliphatic carbocycles. The molecule has 0 amide bonds. The average Bonchev–Trinajstić information content (AvgIpc) is 2.48. The monoisotopic (exact) mass is 357 g/mol. The van der Waals surface area contributed by atoms with Crippen LogP contribution in [0.25, 0.3) is 0 Å². The summed E-state index contributed by atoms with van der Waals surface area (Å²) in [5.41, 5.74) is 1.08. The third-order valence-electron chi connectivity index (χ3n) is 4.19. The lowest BCUT2D eigenvalue weighted by molar-refractivity contribution is 0.353. The van der Waals surface area contributed by atoms with Gasteiger partial charge in [-0.15, -0.1) is 0 Å². The van der Waals surface area contributed by atoms with Crippen LogP contribution < -0.4 is 5.32 Å². The predicted octanol–water partition coefficient (Wildman–Crippen LogP) is 1.97. The number of rotatable bonds is 3. The molecule has 7 heteroatoms. The fourth-order valence-corrected chi connectivity index (χ4v) is 4.26. The Morgan fingerprint density at radius 3 is 2.70 bits per heavy atom. The number of nitrogens with one attached hydrogen (secondary N) is 1. The highest BCUT2D eigenvalue weighted by Gasteiger charge is 2.40. The lowest BCUT2D eigenvalue weighted by Crippen LogP contribution is -2.57. The van der Waals surface area contributed by atoms with Crippen LogP contribution in [-0.2, 0) is 16.3 Å². The topological polar surface area (TPSA) is 61.8 Å². The SMILES string of the molecule is CN=C(NCCc1ccccc1Cl)N1CCS(=O)(=O)C(C)(C)C1. The largest absolute Gasteiger partial charge is 0.356 e. The van der Waals surface area contributed by atoms with E-state index in [0.29, 0.717) is 19.6 Å². The summed E-state index contributed by atoms with van der Waals surface area (Å²) in [6.45, 7) is 5.15. The van der Waals surface area contributed by atoms with Crippen LogP contribution in [0.15, 0.2) is 29.3 Å². The van der Waals surface area contributed by atoms with E-state index in [1.54, 1.807) is 20.9 Å². The molecule has 0 bridgehead atoms. The molecular formula is C16H24ClN3O2S. The van der Waals surface area contributed by atoms with E-state index < -0.39 is 14.6 Å². The van der Waals surface area contributed by atoms with E-state index in [1.807, 2.05) is 29.2 Å². The molecule has 1 aliphatic rings. The van der Waals surface area contributed by atoms with Crippen molar-refractivity contribution in [2.24, 2.45) is 4.99 Å². The van der Waals surface area contributed by atoms with E-state index in [0.717, 1.165) is 23.0 Å². The van der Waals surface area contributed by atoms with Gasteiger partial charge in [0.25, 0.3) is 0 Å². The number of sulfone groups is 1. The molecule has 1 heterocycles. The second-order valence-electron chi connectivity index (χ2n) is 6.32. The minimum atomic E-state index is -3.05. The molecule has 5 nitrogen and oxygen atoms in total. The van der Waals surface area contributed by atoms with Gasteiger partial charge in [-0.2, -0.15) is 0 Å². The first-order chi connectivity index (χ1) is 10.8. The maximum absolute atomic E-state index is 12.1. The van der Waals surface area contributed by atoms with E-state index >= 15 is 0 Å². The van der Waals surface area contributed by atoms with Crippen LogP contribution in [0.5, 0.6) is 0 Å². The fraction of sp³-hybridized carbons (Fsp3) is 0.562.